The van der Waals surface area contributed by atoms with Crippen molar-refractivity contribution in [2.45, 2.75) is 45.4 Å². The average molecular weight is 480 g/mol. The number of oxazole rings is 1. The lowest BCUT2D eigenvalue weighted by atomic mass is 9.92. The van der Waals surface area contributed by atoms with E-state index in [1.54, 1.807) is 6.07 Å². The third-order valence-electron chi connectivity index (χ3n) is 7.05. The van der Waals surface area contributed by atoms with Crippen LogP contribution in [0.1, 0.15) is 59.0 Å². The molecule has 2 aliphatic rings. The molecule has 2 fully saturated rings. The smallest absolute Gasteiger partial charge is 0.253 e. The van der Waals surface area contributed by atoms with Gasteiger partial charge >= 0.3 is 0 Å². The normalized spacial score (nSPS) is 19.6. The minimum absolute atomic E-state index is 0.0269. The van der Waals surface area contributed by atoms with E-state index in [0.29, 0.717) is 36.8 Å². The van der Waals surface area contributed by atoms with Crippen LogP contribution in [0.25, 0.3) is 11.1 Å². The van der Waals surface area contributed by atoms with Gasteiger partial charge in [-0.25, -0.2) is 4.98 Å². The summed E-state index contributed by atoms with van der Waals surface area (Å²) >= 11 is 6.07. The van der Waals surface area contributed by atoms with Crippen molar-refractivity contribution < 1.29 is 14.0 Å². The van der Waals surface area contributed by atoms with Crippen molar-refractivity contribution in [1.29, 1.82) is 0 Å². The van der Waals surface area contributed by atoms with Crippen LogP contribution >= 0.6 is 11.6 Å². The van der Waals surface area contributed by atoms with Gasteiger partial charge in [-0.3, -0.25) is 9.59 Å². The van der Waals surface area contributed by atoms with Gasteiger partial charge < -0.3 is 14.2 Å². The molecule has 3 heterocycles. The number of fused-ring (bicyclic) bond motifs is 1. The van der Waals surface area contributed by atoms with Crippen molar-refractivity contribution in [2.75, 3.05) is 26.2 Å². The molecule has 1 unspecified atom stereocenters. The number of rotatable bonds is 3. The van der Waals surface area contributed by atoms with E-state index >= 15 is 0 Å². The summed E-state index contributed by atoms with van der Waals surface area (Å²) < 4.78 is 5.96. The van der Waals surface area contributed by atoms with Gasteiger partial charge in [0.05, 0.1) is 5.92 Å². The number of aromatic nitrogens is 1. The van der Waals surface area contributed by atoms with Crippen LogP contribution in [0.4, 0.5) is 0 Å². The second-order valence-electron chi connectivity index (χ2n) is 9.73. The number of aryl methyl sites for hydroxylation is 2. The van der Waals surface area contributed by atoms with Crippen LogP contribution in [0.15, 0.2) is 40.8 Å². The summed E-state index contributed by atoms with van der Waals surface area (Å²) in [7, 11) is 0. The van der Waals surface area contributed by atoms with Gasteiger partial charge in [0, 0.05) is 42.7 Å². The molecule has 0 N–H and O–H groups in total. The van der Waals surface area contributed by atoms with Crippen molar-refractivity contribution >= 4 is 34.5 Å². The number of hydrogen-bond acceptors (Lipinski definition) is 4. The highest BCUT2D eigenvalue weighted by Gasteiger charge is 2.34. The van der Waals surface area contributed by atoms with Crippen LogP contribution in [0.5, 0.6) is 0 Å². The molecule has 2 saturated heterocycles. The predicted molar refractivity (Wildman–Crippen MR) is 132 cm³/mol. The number of likely N-dealkylation sites (tertiary alicyclic amines) is 2. The first kappa shape index (κ1) is 22.9. The second-order valence-corrected chi connectivity index (χ2v) is 10.2. The number of halogens is 1. The van der Waals surface area contributed by atoms with E-state index in [2.05, 4.69) is 11.1 Å². The zero-order valence-corrected chi connectivity index (χ0v) is 20.5. The highest BCUT2D eigenvalue weighted by molar-refractivity contribution is 6.31. The first-order valence-electron chi connectivity index (χ1n) is 12.1. The zero-order valence-electron chi connectivity index (χ0n) is 19.7. The minimum Gasteiger partial charge on any atom is -0.440 e. The van der Waals surface area contributed by atoms with Crippen molar-refractivity contribution in [1.82, 2.24) is 14.8 Å². The van der Waals surface area contributed by atoms with Gasteiger partial charge in [-0.2, -0.15) is 0 Å². The Morgan fingerprint density at radius 3 is 2.44 bits per heavy atom. The van der Waals surface area contributed by atoms with Crippen molar-refractivity contribution in [3.63, 3.8) is 0 Å². The molecule has 2 aromatic carbocycles. The predicted octanol–water partition coefficient (Wildman–Crippen LogP) is 5.36. The molecule has 0 aliphatic carbocycles. The Kier molecular flexibility index (Phi) is 6.34. The monoisotopic (exact) mass is 479 g/mol. The van der Waals surface area contributed by atoms with Gasteiger partial charge in [0.1, 0.15) is 5.52 Å². The minimum atomic E-state index is -0.133. The van der Waals surface area contributed by atoms with Crippen LogP contribution in [0, 0.1) is 19.8 Å². The van der Waals surface area contributed by atoms with Crippen LogP contribution in [0.2, 0.25) is 5.02 Å². The molecule has 0 spiro atoms. The number of hydrogen-bond donors (Lipinski definition) is 0. The molecule has 0 radical (unpaired) electrons. The van der Waals surface area contributed by atoms with Crippen LogP contribution < -0.4 is 0 Å². The molecular formula is C27H30ClN3O3. The maximum atomic E-state index is 13.3. The summed E-state index contributed by atoms with van der Waals surface area (Å²) in [5.74, 6) is 0.989. The first-order valence-corrected chi connectivity index (χ1v) is 12.5. The van der Waals surface area contributed by atoms with E-state index in [-0.39, 0.29) is 23.7 Å². The van der Waals surface area contributed by atoms with Gasteiger partial charge in [0.15, 0.2) is 11.5 Å². The van der Waals surface area contributed by atoms with E-state index in [9.17, 15) is 9.59 Å². The van der Waals surface area contributed by atoms with Crippen LogP contribution in [0.3, 0.4) is 0 Å². The molecule has 2 aliphatic heterocycles. The highest BCUT2D eigenvalue weighted by atomic mass is 35.5. The molecule has 7 heteroatoms. The Balaban J connectivity index is 1.20. The van der Waals surface area contributed by atoms with Gasteiger partial charge in [-0.05, 0) is 69.9 Å². The summed E-state index contributed by atoms with van der Waals surface area (Å²) in [4.78, 5) is 34.9. The fourth-order valence-electron chi connectivity index (χ4n) is 5.34. The first-order chi connectivity index (χ1) is 16.4. The molecule has 0 bridgehead atoms. The lowest BCUT2D eigenvalue weighted by Gasteiger charge is -2.37. The zero-order chi connectivity index (χ0) is 23.8. The number of amides is 2. The fourth-order valence-corrected chi connectivity index (χ4v) is 5.51. The van der Waals surface area contributed by atoms with Crippen LogP contribution in [-0.4, -0.2) is 52.8 Å². The Labute approximate surface area is 204 Å². The number of carbonyl (C=O) groups excluding carboxylic acids is 2. The van der Waals surface area contributed by atoms with Gasteiger partial charge in [0.25, 0.3) is 5.91 Å². The van der Waals surface area contributed by atoms with E-state index in [4.69, 9.17) is 16.0 Å². The van der Waals surface area contributed by atoms with Crippen molar-refractivity contribution in [2.24, 2.45) is 5.92 Å². The average Bonchev–Trinajstić information content (AvgIpc) is 3.26. The Hall–Kier alpha value is -2.86. The SMILES string of the molecule is Cc1cc(C)cc(C(=O)N2CCCC(C(=O)N3CCC(c4nc5cc(Cl)ccc5o4)CC3)C2)c1. The highest BCUT2D eigenvalue weighted by Crippen LogP contribution is 2.32. The third-order valence-corrected chi connectivity index (χ3v) is 7.28. The summed E-state index contributed by atoms with van der Waals surface area (Å²) in [5.41, 5.74) is 4.40. The molecule has 1 aromatic heterocycles. The van der Waals surface area contributed by atoms with Gasteiger partial charge in [-0.15, -0.1) is 0 Å². The number of piperidine rings is 2. The largest absolute Gasteiger partial charge is 0.440 e. The quantitative estimate of drug-likeness (QED) is 0.507. The van der Waals surface area contributed by atoms with E-state index in [1.165, 1.54) is 0 Å². The lowest BCUT2D eigenvalue weighted by Crippen LogP contribution is -2.48. The molecular weight excluding hydrogens is 450 g/mol. The third kappa shape index (κ3) is 4.69. The molecule has 5 rings (SSSR count). The Bertz CT molecular complexity index is 1210. The molecule has 6 nitrogen and oxygen atoms in total. The van der Waals surface area contributed by atoms with E-state index in [1.807, 2.05) is 47.9 Å². The van der Waals surface area contributed by atoms with Crippen molar-refractivity contribution in [3.8, 4) is 0 Å². The summed E-state index contributed by atoms with van der Waals surface area (Å²) in [6.45, 7) is 6.59. The molecule has 0 saturated carbocycles. The Morgan fingerprint density at radius 1 is 0.971 bits per heavy atom. The lowest BCUT2D eigenvalue weighted by molar-refractivity contribution is -0.138. The van der Waals surface area contributed by atoms with Crippen LogP contribution in [-0.2, 0) is 4.79 Å². The number of benzene rings is 2. The van der Waals surface area contributed by atoms with E-state index < -0.39 is 0 Å². The van der Waals surface area contributed by atoms with Gasteiger partial charge in [0.2, 0.25) is 5.91 Å². The summed E-state index contributed by atoms with van der Waals surface area (Å²) in [5, 5.41) is 0.644. The topological polar surface area (TPSA) is 66.7 Å². The van der Waals surface area contributed by atoms with Crippen molar-refractivity contribution in [3.05, 3.63) is 64.0 Å². The molecule has 3 aromatic rings. The maximum Gasteiger partial charge on any atom is 0.253 e. The molecule has 2 amide bonds. The van der Waals surface area contributed by atoms with Gasteiger partial charge in [-0.1, -0.05) is 28.8 Å². The maximum absolute atomic E-state index is 13.3. The molecule has 178 valence electrons. The van der Waals surface area contributed by atoms with E-state index in [0.717, 1.165) is 53.8 Å². The number of carbonyl (C=O) groups is 2. The number of nitrogens with zero attached hydrogens (tertiary/aromatic N) is 3. The second kappa shape index (κ2) is 9.41. The summed E-state index contributed by atoms with van der Waals surface area (Å²) in [6, 6.07) is 11.4. The standard InChI is InChI=1S/C27H30ClN3O3/c1-17-12-18(2)14-21(13-17)27(33)31-9-3-4-20(16-31)26(32)30-10-7-19(8-11-30)25-29-23-15-22(28)5-6-24(23)34-25/h5-6,12-15,19-20H,3-4,7-11,16H2,1-2H3. The summed E-state index contributed by atoms with van der Waals surface area (Å²) in [6.07, 6.45) is 3.34. The molecule has 34 heavy (non-hydrogen) atoms. The fraction of sp³-hybridized carbons (Fsp3) is 0.444. The molecule has 1 atom stereocenters. The Morgan fingerprint density at radius 2 is 1.71 bits per heavy atom.